The van der Waals surface area contributed by atoms with E-state index in [2.05, 4.69) is 15.5 Å². The molecule has 2 heterocycles. The highest BCUT2D eigenvalue weighted by Gasteiger charge is 2.18. The summed E-state index contributed by atoms with van der Waals surface area (Å²) in [7, 11) is 2.98. The van der Waals surface area contributed by atoms with Gasteiger partial charge in [0, 0.05) is 6.07 Å². The van der Waals surface area contributed by atoms with Crippen LogP contribution in [0.25, 0.3) is 10.9 Å². The van der Waals surface area contributed by atoms with Crippen LogP contribution in [0.5, 0.6) is 11.5 Å². The maximum atomic E-state index is 13.2. The predicted octanol–water partition coefficient (Wildman–Crippen LogP) is 1.56. The molecule has 2 aromatic heterocycles. The zero-order valence-electron chi connectivity index (χ0n) is 18.2. The topological polar surface area (TPSA) is 130 Å². The fourth-order valence-electron chi connectivity index (χ4n) is 3.45. The summed E-state index contributed by atoms with van der Waals surface area (Å²) in [6, 6.07) is 11.5. The smallest absolute Gasteiger partial charge is 0.332 e. The van der Waals surface area contributed by atoms with E-state index in [-0.39, 0.29) is 24.4 Å². The van der Waals surface area contributed by atoms with Crippen LogP contribution in [0.3, 0.4) is 0 Å². The fraction of sp³-hybridized carbons (Fsp3) is 0.227. The Bertz CT molecular complexity index is 1450. The zero-order valence-corrected chi connectivity index (χ0v) is 18.2. The molecule has 170 valence electrons. The van der Waals surface area contributed by atoms with Crippen LogP contribution < -0.4 is 26.0 Å². The number of nitrogens with one attached hydrogen (secondary N) is 1. The number of carbonyl (C=O) groups is 1. The van der Waals surface area contributed by atoms with Crippen molar-refractivity contribution in [1.82, 2.24) is 19.3 Å². The van der Waals surface area contributed by atoms with Crippen molar-refractivity contribution in [1.29, 1.82) is 0 Å². The molecule has 11 heteroatoms. The Hall–Kier alpha value is -4.41. The van der Waals surface area contributed by atoms with Crippen molar-refractivity contribution in [3.63, 3.8) is 0 Å². The van der Waals surface area contributed by atoms with E-state index in [0.29, 0.717) is 28.5 Å². The number of nitrogens with zero attached hydrogens (tertiary/aromatic N) is 4. The van der Waals surface area contributed by atoms with Gasteiger partial charge in [-0.15, -0.1) is 0 Å². The van der Waals surface area contributed by atoms with Crippen LogP contribution in [0.15, 0.2) is 56.6 Å². The Labute approximate surface area is 187 Å². The number of aryl methyl sites for hydroxylation is 1. The van der Waals surface area contributed by atoms with E-state index in [4.69, 9.17) is 14.0 Å². The average molecular weight is 451 g/mol. The van der Waals surface area contributed by atoms with E-state index >= 15 is 0 Å². The average Bonchev–Trinajstić information content (AvgIpc) is 3.24. The molecule has 0 spiro atoms. The summed E-state index contributed by atoms with van der Waals surface area (Å²) in [5.41, 5.74) is -0.480. The normalized spacial score (nSPS) is 10.9. The lowest BCUT2D eigenvalue weighted by Crippen LogP contribution is -2.42. The number of ether oxygens (including phenoxy) is 2. The van der Waals surface area contributed by atoms with Gasteiger partial charge in [-0.05, 0) is 31.2 Å². The third kappa shape index (κ3) is 4.33. The van der Waals surface area contributed by atoms with Gasteiger partial charge in [-0.2, -0.15) is 4.98 Å². The lowest BCUT2D eigenvalue weighted by molar-refractivity contribution is -0.116. The number of fused-ring (bicyclic) bond motifs is 1. The minimum atomic E-state index is -0.678. The minimum Gasteiger partial charge on any atom is -0.497 e. The van der Waals surface area contributed by atoms with Gasteiger partial charge in [-0.3, -0.25) is 18.7 Å². The Morgan fingerprint density at radius 3 is 2.58 bits per heavy atom. The molecule has 0 bridgehead atoms. The standard InChI is InChI=1S/C22H21N5O6/c1-13-23-20(33-25-13)12-27-21(29)15-6-4-5-7-17(15)26(22(27)30)11-19(28)24-16-10-14(31-2)8-9-18(16)32-3/h4-10H,11-12H2,1-3H3,(H,24,28). The number of rotatable bonds is 7. The second-order valence-electron chi connectivity index (χ2n) is 7.13. The molecule has 11 nitrogen and oxygen atoms in total. The number of anilines is 1. The van der Waals surface area contributed by atoms with E-state index in [1.54, 1.807) is 49.4 Å². The van der Waals surface area contributed by atoms with Gasteiger partial charge in [0.25, 0.3) is 5.56 Å². The maximum Gasteiger partial charge on any atom is 0.332 e. The van der Waals surface area contributed by atoms with Crippen LogP contribution in [0.1, 0.15) is 11.7 Å². The Balaban J connectivity index is 1.74. The van der Waals surface area contributed by atoms with Gasteiger partial charge in [-0.25, -0.2) is 4.79 Å². The highest BCUT2D eigenvalue weighted by Crippen LogP contribution is 2.28. The summed E-state index contributed by atoms with van der Waals surface area (Å²) < 4.78 is 17.7. The van der Waals surface area contributed by atoms with E-state index in [0.717, 1.165) is 4.57 Å². The Morgan fingerprint density at radius 2 is 1.88 bits per heavy atom. The molecule has 4 rings (SSSR count). The maximum absolute atomic E-state index is 13.2. The largest absolute Gasteiger partial charge is 0.497 e. The molecular weight excluding hydrogens is 430 g/mol. The van der Waals surface area contributed by atoms with Gasteiger partial charge < -0.3 is 19.3 Å². The monoisotopic (exact) mass is 451 g/mol. The Morgan fingerprint density at radius 1 is 1.09 bits per heavy atom. The number of hydrogen-bond acceptors (Lipinski definition) is 8. The van der Waals surface area contributed by atoms with Gasteiger partial charge in [0.2, 0.25) is 11.8 Å². The van der Waals surface area contributed by atoms with Crippen molar-refractivity contribution >= 4 is 22.5 Å². The van der Waals surface area contributed by atoms with Crippen molar-refractivity contribution in [2.45, 2.75) is 20.0 Å². The summed E-state index contributed by atoms with van der Waals surface area (Å²) in [5.74, 6) is 0.952. The first kappa shape index (κ1) is 21.8. The van der Waals surface area contributed by atoms with Crippen LogP contribution in [-0.4, -0.2) is 39.4 Å². The third-order valence-corrected chi connectivity index (χ3v) is 4.98. The number of methoxy groups -OCH3 is 2. The molecule has 33 heavy (non-hydrogen) atoms. The second-order valence-corrected chi connectivity index (χ2v) is 7.13. The highest BCUT2D eigenvalue weighted by atomic mass is 16.5. The summed E-state index contributed by atoms with van der Waals surface area (Å²) >= 11 is 0. The van der Waals surface area contributed by atoms with E-state index < -0.39 is 17.2 Å². The lowest BCUT2D eigenvalue weighted by atomic mass is 10.2. The molecule has 0 radical (unpaired) electrons. The summed E-state index contributed by atoms with van der Waals surface area (Å²) in [6.07, 6.45) is 0. The first-order valence-electron chi connectivity index (χ1n) is 9.94. The molecule has 4 aromatic rings. The van der Waals surface area contributed by atoms with Crippen molar-refractivity contribution in [2.24, 2.45) is 0 Å². The van der Waals surface area contributed by atoms with E-state index in [9.17, 15) is 14.4 Å². The second kappa shape index (κ2) is 8.99. The number of amides is 1. The molecule has 0 saturated heterocycles. The predicted molar refractivity (Wildman–Crippen MR) is 119 cm³/mol. The van der Waals surface area contributed by atoms with Crippen molar-refractivity contribution in [2.75, 3.05) is 19.5 Å². The SMILES string of the molecule is COc1ccc(OC)c(NC(=O)Cn2c(=O)n(Cc3nc(C)no3)c(=O)c3ccccc32)c1. The molecule has 0 fully saturated rings. The molecular formula is C22H21N5O6. The molecule has 0 unspecified atom stereocenters. The van der Waals surface area contributed by atoms with Crippen molar-refractivity contribution in [3.8, 4) is 11.5 Å². The van der Waals surface area contributed by atoms with Gasteiger partial charge >= 0.3 is 5.69 Å². The molecule has 0 aliphatic heterocycles. The number of carbonyl (C=O) groups excluding carboxylic acids is 1. The molecule has 0 aliphatic carbocycles. The van der Waals surface area contributed by atoms with Gasteiger partial charge in [0.05, 0.1) is 30.8 Å². The lowest BCUT2D eigenvalue weighted by Gasteiger charge is -2.15. The van der Waals surface area contributed by atoms with Crippen LogP contribution >= 0.6 is 0 Å². The summed E-state index contributed by atoms with van der Waals surface area (Å²) in [6.45, 7) is 1.07. The quantitative estimate of drug-likeness (QED) is 0.448. The number of para-hydroxylation sites is 1. The van der Waals surface area contributed by atoms with Crippen LogP contribution in [0, 0.1) is 6.92 Å². The third-order valence-electron chi connectivity index (χ3n) is 4.98. The first-order valence-corrected chi connectivity index (χ1v) is 9.94. The molecule has 0 aliphatic rings. The van der Waals surface area contributed by atoms with Crippen LogP contribution in [0.2, 0.25) is 0 Å². The van der Waals surface area contributed by atoms with E-state index in [1.165, 1.54) is 18.8 Å². The van der Waals surface area contributed by atoms with Crippen molar-refractivity contribution < 1.29 is 18.8 Å². The highest BCUT2D eigenvalue weighted by molar-refractivity contribution is 5.93. The van der Waals surface area contributed by atoms with Crippen LogP contribution in [-0.2, 0) is 17.9 Å². The Kier molecular flexibility index (Phi) is 5.94. The molecule has 0 atom stereocenters. The molecule has 0 saturated carbocycles. The number of hydrogen-bond donors (Lipinski definition) is 1. The number of aromatic nitrogens is 4. The minimum absolute atomic E-state index is 0.110. The van der Waals surface area contributed by atoms with Gasteiger partial charge in [0.15, 0.2) is 5.82 Å². The number of benzene rings is 2. The van der Waals surface area contributed by atoms with Crippen LogP contribution in [0.4, 0.5) is 5.69 Å². The van der Waals surface area contributed by atoms with E-state index in [1.807, 2.05) is 0 Å². The summed E-state index contributed by atoms with van der Waals surface area (Å²) in [5, 5.41) is 6.70. The van der Waals surface area contributed by atoms with Gasteiger partial charge in [0.1, 0.15) is 24.6 Å². The zero-order chi connectivity index (χ0) is 23.5. The summed E-state index contributed by atoms with van der Waals surface area (Å²) in [4.78, 5) is 43.2. The molecule has 1 amide bonds. The van der Waals surface area contributed by atoms with Crippen molar-refractivity contribution in [3.05, 3.63) is 75.0 Å². The molecule has 1 N–H and O–H groups in total. The first-order chi connectivity index (χ1) is 15.9. The molecule has 2 aromatic carbocycles. The van der Waals surface area contributed by atoms with Gasteiger partial charge in [-0.1, -0.05) is 17.3 Å². The fourth-order valence-corrected chi connectivity index (χ4v) is 3.45.